The minimum absolute atomic E-state index is 0.0143. The SMILES string of the molecule is CC(C(=O)NC1CCSc2ccccc21)n1cccn1. The van der Waals surface area contributed by atoms with Crippen molar-refractivity contribution in [3.05, 3.63) is 48.3 Å². The molecule has 1 aromatic carbocycles. The van der Waals surface area contributed by atoms with E-state index in [1.807, 2.05) is 43.1 Å². The fourth-order valence-electron chi connectivity index (χ4n) is 2.41. The summed E-state index contributed by atoms with van der Waals surface area (Å²) in [4.78, 5) is 13.6. The normalized spacial score (nSPS) is 19.1. The van der Waals surface area contributed by atoms with Gasteiger partial charge in [-0.25, -0.2) is 0 Å². The van der Waals surface area contributed by atoms with E-state index in [2.05, 4.69) is 22.5 Å². The quantitative estimate of drug-likeness (QED) is 0.944. The summed E-state index contributed by atoms with van der Waals surface area (Å²) in [5, 5.41) is 7.28. The summed E-state index contributed by atoms with van der Waals surface area (Å²) in [6.45, 7) is 1.87. The summed E-state index contributed by atoms with van der Waals surface area (Å²) in [6, 6.07) is 9.95. The van der Waals surface area contributed by atoms with E-state index in [0.29, 0.717) is 0 Å². The number of benzene rings is 1. The Balaban J connectivity index is 1.74. The van der Waals surface area contributed by atoms with Crippen LogP contribution >= 0.6 is 11.8 Å². The molecule has 2 unspecified atom stereocenters. The third kappa shape index (κ3) is 2.58. The van der Waals surface area contributed by atoms with E-state index in [0.717, 1.165) is 12.2 Å². The molecule has 3 rings (SSSR count). The van der Waals surface area contributed by atoms with E-state index in [9.17, 15) is 4.79 Å². The van der Waals surface area contributed by atoms with Gasteiger partial charge in [0.05, 0.1) is 6.04 Å². The lowest BCUT2D eigenvalue weighted by Gasteiger charge is -2.27. The van der Waals surface area contributed by atoms with E-state index >= 15 is 0 Å². The molecule has 0 spiro atoms. The summed E-state index contributed by atoms with van der Waals surface area (Å²) in [6.07, 6.45) is 4.48. The van der Waals surface area contributed by atoms with Crippen LogP contribution < -0.4 is 5.32 Å². The molecule has 0 saturated carbocycles. The molecule has 0 radical (unpaired) electrons. The predicted octanol–water partition coefficient (Wildman–Crippen LogP) is 2.80. The number of nitrogens with zero attached hydrogens (tertiary/aromatic N) is 2. The molecule has 1 aliphatic rings. The number of rotatable bonds is 3. The number of thioether (sulfide) groups is 1. The van der Waals surface area contributed by atoms with Gasteiger partial charge in [-0.2, -0.15) is 5.10 Å². The Kier molecular flexibility index (Phi) is 3.78. The van der Waals surface area contributed by atoms with E-state index < -0.39 is 0 Å². The second-order valence-corrected chi connectivity index (χ2v) is 6.03. The van der Waals surface area contributed by atoms with Crippen LogP contribution in [0.5, 0.6) is 0 Å². The van der Waals surface area contributed by atoms with Crippen LogP contribution in [0.3, 0.4) is 0 Å². The van der Waals surface area contributed by atoms with Crippen LogP contribution in [0.15, 0.2) is 47.6 Å². The first kappa shape index (κ1) is 13.2. The monoisotopic (exact) mass is 287 g/mol. The number of fused-ring (bicyclic) bond motifs is 1. The average Bonchev–Trinajstić information content (AvgIpc) is 3.01. The van der Waals surface area contributed by atoms with Gasteiger partial charge in [0.15, 0.2) is 0 Å². The number of amides is 1. The van der Waals surface area contributed by atoms with Crippen molar-refractivity contribution in [2.24, 2.45) is 0 Å². The Bertz CT molecular complexity index is 597. The standard InChI is InChI=1S/C15H17N3OS/c1-11(18-9-4-8-16-18)15(19)17-13-7-10-20-14-6-3-2-5-12(13)14/h2-6,8-9,11,13H,7,10H2,1H3,(H,17,19). The highest BCUT2D eigenvalue weighted by Crippen LogP contribution is 2.35. The Hall–Kier alpha value is -1.75. The van der Waals surface area contributed by atoms with Gasteiger partial charge in [0.2, 0.25) is 5.91 Å². The van der Waals surface area contributed by atoms with E-state index in [-0.39, 0.29) is 18.0 Å². The molecule has 2 atom stereocenters. The zero-order valence-corrected chi connectivity index (χ0v) is 12.1. The van der Waals surface area contributed by atoms with Crippen molar-refractivity contribution in [1.29, 1.82) is 0 Å². The third-order valence-corrected chi connectivity index (χ3v) is 4.70. The molecule has 0 saturated heterocycles. The highest BCUT2D eigenvalue weighted by molar-refractivity contribution is 7.99. The molecule has 0 fully saturated rings. The van der Waals surface area contributed by atoms with Crippen LogP contribution in [0.1, 0.15) is 31.0 Å². The lowest BCUT2D eigenvalue weighted by atomic mass is 10.0. The molecule has 4 nitrogen and oxygen atoms in total. The third-order valence-electron chi connectivity index (χ3n) is 3.58. The number of aromatic nitrogens is 2. The summed E-state index contributed by atoms with van der Waals surface area (Å²) in [7, 11) is 0. The van der Waals surface area contributed by atoms with Crippen LogP contribution in [-0.2, 0) is 4.79 Å². The van der Waals surface area contributed by atoms with Crippen LogP contribution in [0.4, 0.5) is 0 Å². The maximum absolute atomic E-state index is 12.3. The first-order valence-corrected chi connectivity index (χ1v) is 7.75. The van der Waals surface area contributed by atoms with Crippen molar-refractivity contribution in [2.45, 2.75) is 30.3 Å². The second-order valence-electron chi connectivity index (χ2n) is 4.90. The van der Waals surface area contributed by atoms with Crippen molar-refractivity contribution in [1.82, 2.24) is 15.1 Å². The zero-order valence-electron chi connectivity index (χ0n) is 11.3. The van der Waals surface area contributed by atoms with Crippen LogP contribution in [0.25, 0.3) is 0 Å². The number of nitrogens with one attached hydrogen (secondary N) is 1. The van der Waals surface area contributed by atoms with Gasteiger partial charge < -0.3 is 5.32 Å². The van der Waals surface area contributed by atoms with Gasteiger partial charge >= 0.3 is 0 Å². The molecular formula is C15H17N3OS. The molecule has 2 aromatic rings. The Morgan fingerprint density at radius 1 is 1.45 bits per heavy atom. The van der Waals surface area contributed by atoms with Crippen molar-refractivity contribution in [2.75, 3.05) is 5.75 Å². The first-order valence-electron chi connectivity index (χ1n) is 6.77. The molecule has 104 valence electrons. The minimum atomic E-state index is -0.285. The van der Waals surface area contributed by atoms with Crippen LogP contribution in [-0.4, -0.2) is 21.4 Å². The average molecular weight is 287 g/mol. The van der Waals surface area contributed by atoms with Gasteiger partial charge in [-0.05, 0) is 31.0 Å². The number of carbonyl (C=O) groups excluding carboxylic acids is 1. The maximum atomic E-state index is 12.3. The van der Waals surface area contributed by atoms with Crippen LogP contribution in [0.2, 0.25) is 0 Å². The minimum Gasteiger partial charge on any atom is -0.347 e. The molecular weight excluding hydrogens is 270 g/mol. The van der Waals surface area contributed by atoms with Crippen molar-refractivity contribution in [3.63, 3.8) is 0 Å². The van der Waals surface area contributed by atoms with Gasteiger partial charge in [0.25, 0.3) is 0 Å². The molecule has 1 N–H and O–H groups in total. The lowest BCUT2D eigenvalue weighted by molar-refractivity contribution is -0.125. The van der Waals surface area contributed by atoms with Crippen molar-refractivity contribution >= 4 is 17.7 Å². The number of hydrogen-bond acceptors (Lipinski definition) is 3. The summed E-state index contributed by atoms with van der Waals surface area (Å²) < 4.78 is 1.68. The summed E-state index contributed by atoms with van der Waals surface area (Å²) in [5.74, 6) is 1.05. The highest BCUT2D eigenvalue weighted by atomic mass is 32.2. The van der Waals surface area contributed by atoms with E-state index in [1.54, 1.807) is 10.9 Å². The molecule has 1 amide bonds. The summed E-state index contributed by atoms with van der Waals surface area (Å²) in [5.41, 5.74) is 1.23. The molecule has 2 heterocycles. The Morgan fingerprint density at radius 2 is 2.30 bits per heavy atom. The van der Waals surface area contributed by atoms with Gasteiger partial charge in [0, 0.05) is 23.0 Å². The van der Waals surface area contributed by atoms with Gasteiger partial charge in [-0.3, -0.25) is 9.48 Å². The summed E-state index contributed by atoms with van der Waals surface area (Å²) >= 11 is 1.86. The zero-order chi connectivity index (χ0) is 13.9. The van der Waals surface area contributed by atoms with Gasteiger partial charge in [-0.1, -0.05) is 18.2 Å². The fourth-order valence-corrected chi connectivity index (χ4v) is 3.54. The Labute approximate surface area is 122 Å². The van der Waals surface area contributed by atoms with Crippen molar-refractivity contribution in [3.8, 4) is 0 Å². The van der Waals surface area contributed by atoms with Crippen molar-refractivity contribution < 1.29 is 4.79 Å². The number of hydrogen-bond donors (Lipinski definition) is 1. The molecule has 0 bridgehead atoms. The van der Waals surface area contributed by atoms with Crippen LogP contribution in [0, 0.1) is 0 Å². The first-order chi connectivity index (χ1) is 9.75. The van der Waals surface area contributed by atoms with E-state index in [4.69, 9.17) is 0 Å². The Morgan fingerprint density at radius 3 is 3.10 bits per heavy atom. The second kappa shape index (κ2) is 5.71. The smallest absolute Gasteiger partial charge is 0.245 e. The van der Waals surface area contributed by atoms with Gasteiger partial charge in [0.1, 0.15) is 6.04 Å². The molecule has 1 aromatic heterocycles. The predicted molar refractivity (Wildman–Crippen MR) is 79.6 cm³/mol. The highest BCUT2D eigenvalue weighted by Gasteiger charge is 2.24. The maximum Gasteiger partial charge on any atom is 0.245 e. The fraction of sp³-hybridized carbons (Fsp3) is 0.333. The topological polar surface area (TPSA) is 46.9 Å². The molecule has 0 aliphatic carbocycles. The number of carbonyl (C=O) groups is 1. The lowest BCUT2D eigenvalue weighted by Crippen LogP contribution is -2.35. The molecule has 5 heteroatoms. The van der Waals surface area contributed by atoms with Gasteiger partial charge in [-0.15, -0.1) is 11.8 Å². The van der Waals surface area contributed by atoms with E-state index in [1.165, 1.54) is 10.5 Å². The molecule has 1 aliphatic heterocycles. The largest absolute Gasteiger partial charge is 0.347 e. The molecule has 20 heavy (non-hydrogen) atoms.